The number of nitrogens with one attached hydrogen (secondary N) is 1. The summed E-state index contributed by atoms with van der Waals surface area (Å²) in [5.74, 6) is 0.363. The first kappa shape index (κ1) is 22.3. The topological polar surface area (TPSA) is 75.7 Å². The summed E-state index contributed by atoms with van der Waals surface area (Å²) in [6, 6.07) is 14.5. The Labute approximate surface area is 179 Å². The van der Waals surface area contributed by atoms with Gasteiger partial charge in [-0.3, -0.25) is 4.79 Å². The number of aryl methyl sites for hydroxylation is 1. The summed E-state index contributed by atoms with van der Waals surface area (Å²) in [5.41, 5.74) is 1.73. The van der Waals surface area contributed by atoms with Crippen LogP contribution in [0.4, 0.5) is 0 Å². The zero-order valence-electron chi connectivity index (χ0n) is 17.6. The van der Waals surface area contributed by atoms with E-state index in [4.69, 9.17) is 4.74 Å². The summed E-state index contributed by atoms with van der Waals surface area (Å²) in [5, 5.41) is 0. The highest BCUT2D eigenvalue weighted by Crippen LogP contribution is 2.24. The van der Waals surface area contributed by atoms with Gasteiger partial charge in [0.1, 0.15) is 5.75 Å². The molecule has 0 heterocycles. The first-order chi connectivity index (χ1) is 14.3. The Morgan fingerprint density at radius 1 is 1.10 bits per heavy atom. The molecule has 2 aromatic rings. The predicted molar refractivity (Wildman–Crippen MR) is 117 cm³/mol. The van der Waals surface area contributed by atoms with Crippen LogP contribution in [0.5, 0.6) is 5.75 Å². The number of sulfonamides is 1. The molecule has 30 heavy (non-hydrogen) atoms. The Bertz CT molecular complexity index is 954. The lowest BCUT2D eigenvalue weighted by atomic mass is 9.96. The third-order valence-electron chi connectivity index (χ3n) is 5.42. The van der Waals surface area contributed by atoms with E-state index in [1.165, 1.54) is 12.5 Å². The number of hydrogen-bond donors (Lipinski definition) is 1. The van der Waals surface area contributed by atoms with Crippen molar-refractivity contribution in [3.63, 3.8) is 0 Å². The molecule has 0 aromatic heterocycles. The van der Waals surface area contributed by atoms with Crippen molar-refractivity contribution >= 4 is 15.9 Å². The predicted octanol–water partition coefficient (Wildman–Crippen LogP) is 3.64. The van der Waals surface area contributed by atoms with Crippen LogP contribution in [0.2, 0.25) is 0 Å². The second-order valence-electron chi connectivity index (χ2n) is 7.91. The molecule has 0 bridgehead atoms. The van der Waals surface area contributed by atoms with Crippen molar-refractivity contribution in [1.29, 1.82) is 0 Å². The average Bonchev–Trinajstić information content (AvgIpc) is 2.73. The van der Waals surface area contributed by atoms with Gasteiger partial charge in [0.2, 0.25) is 10.0 Å². The van der Waals surface area contributed by atoms with Crippen LogP contribution in [0.25, 0.3) is 0 Å². The molecule has 0 aliphatic heterocycles. The quantitative estimate of drug-likeness (QED) is 0.694. The van der Waals surface area contributed by atoms with Gasteiger partial charge in [-0.25, -0.2) is 13.1 Å². The zero-order chi connectivity index (χ0) is 21.6. The third-order valence-corrected chi connectivity index (χ3v) is 6.94. The lowest BCUT2D eigenvalue weighted by molar-refractivity contribution is -0.132. The van der Waals surface area contributed by atoms with Crippen molar-refractivity contribution < 1.29 is 17.9 Å². The van der Waals surface area contributed by atoms with Crippen LogP contribution in [0.15, 0.2) is 53.4 Å². The van der Waals surface area contributed by atoms with Crippen molar-refractivity contribution in [3.05, 3.63) is 59.7 Å². The molecule has 162 valence electrons. The lowest BCUT2D eigenvalue weighted by Gasteiger charge is -2.23. The van der Waals surface area contributed by atoms with Gasteiger partial charge in [0.25, 0.3) is 5.91 Å². The molecule has 0 saturated heterocycles. The van der Waals surface area contributed by atoms with Crippen LogP contribution in [0, 0.1) is 6.92 Å². The number of carbonyl (C=O) groups is 1. The van der Waals surface area contributed by atoms with Crippen molar-refractivity contribution in [2.24, 2.45) is 0 Å². The standard InChI is InChI=1S/C23H30N2O4S/c1-18-15-21(30(27,28)24-20-11-7-4-8-12-20)13-14-22(18)29-17-23(26)25(2)16-19-9-5-3-6-10-19/h3,5-6,9-10,13-15,20,24H,4,7-8,11-12,16-17H2,1-2H3. The average molecular weight is 431 g/mol. The molecule has 0 radical (unpaired) electrons. The van der Waals surface area contributed by atoms with Crippen molar-refractivity contribution in [1.82, 2.24) is 9.62 Å². The number of nitrogens with zero attached hydrogens (tertiary/aromatic N) is 1. The van der Waals surface area contributed by atoms with Gasteiger partial charge in [0.15, 0.2) is 6.61 Å². The lowest BCUT2D eigenvalue weighted by Crippen LogP contribution is -2.36. The van der Waals surface area contributed by atoms with Gasteiger partial charge in [0.05, 0.1) is 4.90 Å². The fraction of sp³-hybridized carbons (Fsp3) is 0.435. The van der Waals surface area contributed by atoms with E-state index in [0.29, 0.717) is 17.9 Å². The Balaban J connectivity index is 1.57. The second-order valence-corrected chi connectivity index (χ2v) is 9.62. The highest BCUT2D eigenvalue weighted by atomic mass is 32.2. The van der Waals surface area contributed by atoms with Crippen molar-refractivity contribution in [2.75, 3.05) is 13.7 Å². The summed E-state index contributed by atoms with van der Waals surface area (Å²) in [6.45, 7) is 2.19. The van der Waals surface area contributed by atoms with E-state index < -0.39 is 10.0 Å². The largest absolute Gasteiger partial charge is 0.483 e. The van der Waals surface area contributed by atoms with Crippen LogP contribution in [-0.4, -0.2) is 38.9 Å². The fourth-order valence-corrected chi connectivity index (χ4v) is 5.04. The van der Waals surface area contributed by atoms with Gasteiger partial charge in [-0.05, 0) is 49.1 Å². The third kappa shape index (κ3) is 6.06. The van der Waals surface area contributed by atoms with E-state index in [1.807, 2.05) is 30.3 Å². The van der Waals surface area contributed by atoms with Crippen molar-refractivity contribution in [2.45, 2.75) is 56.5 Å². The fourth-order valence-electron chi connectivity index (χ4n) is 3.65. The molecular weight excluding hydrogens is 400 g/mol. The van der Waals surface area contributed by atoms with E-state index in [-0.39, 0.29) is 23.5 Å². The Hall–Kier alpha value is -2.38. The summed E-state index contributed by atoms with van der Waals surface area (Å²) in [7, 11) is -1.82. The number of hydrogen-bond acceptors (Lipinski definition) is 4. The molecule has 1 N–H and O–H groups in total. The van der Waals surface area contributed by atoms with Gasteiger partial charge < -0.3 is 9.64 Å². The maximum absolute atomic E-state index is 12.7. The first-order valence-corrected chi connectivity index (χ1v) is 11.9. The Morgan fingerprint density at radius 2 is 1.80 bits per heavy atom. The van der Waals surface area contributed by atoms with E-state index in [1.54, 1.807) is 31.0 Å². The highest BCUT2D eigenvalue weighted by molar-refractivity contribution is 7.89. The number of likely N-dealkylation sites (N-methyl/N-ethyl adjacent to an activating group) is 1. The molecule has 0 atom stereocenters. The van der Waals surface area contributed by atoms with Crippen LogP contribution in [0.1, 0.15) is 43.2 Å². The molecule has 1 saturated carbocycles. The molecular formula is C23H30N2O4S. The van der Waals surface area contributed by atoms with E-state index in [9.17, 15) is 13.2 Å². The number of amides is 1. The SMILES string of the molecule is Cc1cc(S(=O)(=O)NC2CCCCC2)ccc1OCC(=O)N(C)Cc1ccccc1. The number of ether oxygens (including phenoxy) is 1. The monoisotopic (exact) mass is 430 g/mol. The first-order valence-electron chi connectivity index (χ1n) is 10.4. The van der Waals surface area contributed by atoms with Gasteiger partial charge in [0, 0.05) is 19.6 Å². The zero-order valence-corrected chi connectivity index (χ0v) is 18.5. The maximum Gasteiger partial charge on any atom is 0.260 e. The van der Waals surface area contributed by atoms with Gasteiger partial charge >= 0.3 is 0 Å². The van der Waals surface area contributed by atoms with Gasteiger partial charge in [-0.1, -0.05) is 49.6 Å². The Morgan fingerprint density at radius 3 is 2.47 bits per heavy atom. The molecule has 1 aliphatic rings. The minimum absolute atomic E-state index is 0.0118. The molecule has 1 amide bonds. The van der Waals surface area contributed by atoms with E-state index in [2.05, 4.69) is 4.72 Å². The van der Waals surface area contributed by atoms with Gasteiger partial charge in [-0.15, -0.1) is 0 Å². The van der Waals surface area contributed by atoms with Crippen LogP contribution < -0.4 is 9.46 Å². The van der Waals surface area contributed by atoms with E-state index in [0.717, 1.165) is 31.2 Å². The number of rotatable bonds is 8. The molecule has 1 aliphatic carbocycles. The maximum atomic E-state index is 12.7. The number of carbonyl (C=O) groups excluding carboxylic acids is 1. The van der Waals surface area contributed by atoms with Gasteiger partial charge in [-0.2, -0.15) is 0 Å². The van der Waals surface area contributed by atoms with Crippen LogP contribution in [0.3, 0.4) is 0 Å². The number of benzene rings is 2. The van der Waals surface area contributed by atoms with E-state index >= 15 is 0 Å². The molecule has 2 aromatic carbocycles. The molecule has 6 nitrogen and oxygen atoms in total. The molecule has 3 rings (SSSR count). The molecule has 0 unspecified atom stereocenters. The smallest absolute Gasteiger partial charge is 0.260 e. The summed E-state index contributed by atoms with van der Waals surface area (Å²) in [4.78, 5) is 14.2. The highest BCUT2D eigenvalue weighted by Gasteiger charge is 2.22. The van der Waals surface area contributed by atoms with Crippen LogP contribution in [-0.2, 0) is 21.4 Å². The summed E-state index contributed by atoms with van der Waals surface area (Å²) >= 11 is 0. The molecule has 0 spiro atoms. The van der Waals surface area contributed by atoms with Crippen molar-refractivity contribution in [3.8, 4) is 5.75 Å². The van der Waals surface area contributed by atoms with Crippen LogP contribution >= 0.6 is 0 Å². The minimum Gasteiger partial charge on any atom is -0.483 e. The Kier molecular flexibility index (Phi) is 7.50. The normalized spacial score (nSPS) is 15.0. The second kappa shape index (κ2) is 10.1. The summed E-state index contributed by atoms with van der Waals surface area (Å²) < 4.78 is 33.8. The minimum atomic E-state index is -3.56. The summed E-state index contributed by atoms with van der Waals surface area (Å²) in [6.07, 6.45) is 5.07. The molecule has 1 fully saturated rings. The molecule has 7 heteroatoms.